The quantitative estimate of drug-likeness (QED) is 0.387. The summed E-state index contributed by atoms with van der Waals surface area (Å²) < 4.78 is 101. The number of anilines is 1. The smallest absolute Gasteiger partial charge is 0.475 e. The van der Waals surface area contributed by atoms with E-state index >= 15 is 0 Å². The number of halogens is 9. The number of alkyl halides is 9. The number of aliphatic carboxylic acids is 3. The molecule has 11 nitrogen and oxygen atoms in total. The number of aromatic nitrogens is 2. The molecule has 45 heavy (non-hydrogen) atoms. The molecule has 0 aliphatic carbocycles. The lowest BCUT2D eigenvalue weighted by Crippen LogP contribution is -2.34. The summed E-state index contributed by atoms with van der Waals surface area (Å²) in [4.78, 5) is 40.9. The second-order valence-electron chi connectivity index (χ2n) is 9.14. The van der Waals surface area contributed by atoms with Gasteiger partial charge in [0.05, 0.1) is 23.9 Å². The Kier molecular flexibility index (Phi) is 14.9. The number of pyridine rings is 1. The largest absolute Gasteiger partial charge is 0.490 e. The Morgan fingerprint density at radius 3 is 1.91 bits per heavy atom. The standard InChI is InChI=1S/C18H24N4OS.3C2HF3O2/c1-14-20-17(13-24-14)11-22-7-6-21(9-15-4-8-23-12-15)10-16-3-2-5-19-18(16)22;3*3-2(4,5)1(6)7/h2-3,5,13,15H,4,6-12H2,1H3;3*(H,6,7). The van der Waals surface area contributed by atoms with E-state index in [4.69, 9.17) is 34.4 Å². The third kappa shape index (κ3) is 15.2. The average Bonchev–Trinajstić information content (AvgIpc) is 3.53. The first kappa shape index (κ1) is 39.3. The molecule has 0 amide bonds. The third-order valence-corrected chi connectivity index (χ3v) is 6.36. The summed E-state index contributed by atoms with van der Waals surface area (Å²) >= 11 is 1.72. The van der Waals surface area contributed by atoms with Crippen molar-refractivity contribution in [1.82, 2.24) is 14.9 Å². The Hall–Kier alpha value is -3.72. The summed E-state index contributed by atoms with van der Waals surface area (Å²) in [6.45, 7) is 8.90. The molecule has 254 valence electrons. The number of carboxylic acids is 3. The number of rotatable bonds is 4. The van der Waals surface area contributed by atoms with Crippen LogP contribution in [0.2, 0.25) is 0 Å². The first-order chi connectivity index (χ1) is 20.6. The van der Waals surface area contributed by atoms with E-state index in [9.17, 15) is 39.5 Å². The highest BCUT2D eigenvalue weighted by Crippen LogP contribution is 2.26. The summed E-state index contributed by atoms with van der Waals surface area (Å²) in [7, 11) is 0. The van der Waals surface area contributed by atoms with E-state index in [1.165, 1.54) is 12.0 Å². The van der Waals surface area contributed by atoms with Crippen LogP contribution >= 0.6 is 11.3 Å². The first-order valence-corrected chi connectivity index (χ1v) is 13.3. The van der Waals surface area contributed by atoms with Crippen molar-refractivity contribution in [3.63, 3.8) is 0 Å². The zero-order valence-corrected chi connectivity index (χ0v) is 23.9. The van der Waals surface area contributed by atoms with Crippen molar-refractivity contribution in [3.8, 4) is 0 Å². The number of hydrogen-bond donors (Lipinski definition) is 3. The topological polar surface area (TPSA) is 153 Å². The van der Waals surface area contributed by atoms with Crippen LogP contribution in [-0.2, 0) is 32.2 Å². The molecule has 2 aliphatic heterocycles. The third-order valence-electron chi connectivity index (χ3n) is 5.53. The fraction of sp³-hybridized carbons (Fsp3) is 0.542. The normalized spacial score (nSPS) is 16.8. The van der Waals surface area contributed by atoms with Gasteiger partial charge in [-0.3, -0.25) is 4.90 Å². The van der Waals surface area contributed by atoms with Crippen LogP contribution < -0.4 is 4.90 Å². The number of hydrogen-bond acceptors (Lipinski definition) is 9. The van der Waals surface area contributed by atoms with Gasteiger partial charge in [-0.2, -0.15) is 39.5 Å². The monoisotopic (exact) mass is 686 g/mol. The van der Waals surface area contributed by atoms with Crippen LogP contribution in [-0.4, -0.2) is 99.5 Å². The van der Waals surface area contributed by atoms with Gasteiger partial charge in [0.15, 0.2) is 0 Å². The van der Waals surface area contributed by atoms with Gasteiger partial charge in [0.2, 0.25) is 0 Å². The number of aryl methyl sites for hydroxylation is 1. The predicted molar refractivity (Wildman–Crippen MR) is 137 cm³/mol. The summed E-state index contributed by atoms with van der Waals surface area (Å²) in [6.07, 6.45) is -12.2. The Morgan fingerprint density at radius 2 is 1.49 bits per heavy atom. The maximum Gasteiger partial charge on any atom is 0.490 e. The van der Waals surface area contributed by atoms with Crippen molar-refractivity contribution < 1.29 is 74.0 Å². The number of carbonyl (C=O) groups is 3. The van der Waals surface area contributed by atoms with Crippen LogP contribution in [0.15, 0.2) is 23.7 Å². The molecule has 1 unspecified atom stereocenters. The van der Waals surface area contributed by atoms with Crippen molar-refractivity contribution >= 4 is 35.1 Å². The lowest BCUT2D eigenvalue weighted by atomic mass is 10.1. The highest BCUT2D eigenvalue weighted by molar-refractivity contribution is 7.09. The number of fused-ring (bicyclic) bond motifs is 1. The summed E-state index contributed by atoms with van der Waals surface area (Å²) in [5.41, 5.74) is 2.47. The first-order valence-electron chi connectivity index (χ1n) is 12.4. The SMILES string of the molecule is Cc1nc(CN2CCN(CC3CCOC3)Cc3cccnc32)cs1.O=C(O)C(F)(F)F.O=C(O)C(F)(F)F.O=C(O)C(F)(F)F. The molecule has 4 heterocycles. The van der Waals surface area contributed by atoms with Crippen molar-refractivity contribution in [1.29, 1.82) is 0 Å². The number of nitrogens with zero attached hydrogens (tertiary/aromatic N) is 4. The van der Waals surface area contributed by atoms with Gasteiger partial charge in [0.25, 0.3) is 0 Å². The molecule has 1 fully saturated rings. The van der Waals surface area contributed by atoms with Gasteiger partial charge < -0.3 is 25.0 Å². The van der Waals surface area contributed by atoms with E-state index in [2.05, 4.69) is 38.1 Å². The zero-order valence-electron chi connectivity index (χ0n) is 23.1. The second kappa shape index (κ2) is 17.1. The summed E-state index contributed by atoms with van der Waals surface area (Å²) in [5.74, 6) is -6.47. The van der Waals surface area contributed by atoms with Gasteiger partial charge in [0.1, 0.15) is 5.82 Å². The van der Waals surface area contributed by atoms with E-state index in [1.54, 1.807) is 11.3 Å². The van der Waals surface area contributed by atoms with Gasteiger partial charge in [-0.25, -0.2) is 24.4 Å². The molecule has 0 aromatic carbocycles. The predicted octanol–water partition coefficient (Wildman–Crippen LogP) is 4.61. The minimum absolute atomic E-state index is 0.679. The summed E-state index contributed by atoms with van der Waals surface area (Å²) in [6, 6.07) is 4.26. The van der Waals surface area contributed by atoms with Gasteiger partial charge in [-0.1, -0.05) is 6.07 Å². The fourth-order valence-corrected chi connectivity index (χ4v) is 4.21. The summed E-state index contributed by atoms with van der Waals surface area (Å²) in [5, 5.41) is 24.7. The van der Waals surface area contributed by atoms with Crippen LogP contribution in [0.1, 0.15) is 22.7 Å². The molecule has 0 radical (unpaired) electrons. The average molecular weight is 687 g/mol. The van der Waals surface area contributed by atoms with Crippen molar-refractivity contribution in [2.75, 3.05) is 37.7 Å². The molecule has 2 aliphatic rings. The van der Waals surface area contributed by atoms with E-state index in [1.807, 2.05) is 12.3 Å². The Bertz CT molecular complexity index is 1190. The van der Waals surface area contributed by atoms with Crippen molar-refractivity contribution in [2.45, 2.75) is 45.0 Å². The van der Waals surface area contributed by atoms with Crippen LogP contribution in [0, 0.1) is 12.8 Å². The van der Waals surface area contributed by atoms with E-state index in [-0.39, 0.29) is 0 Å². The zero-order chi connectivity index (χ0) is 34.6. The molecule has 0 bridgehead atoms. The van der Waals surface area contributed by atoms with Crippen LogP contribution in [0.25, 0.3) is 0 Å². The Morgan fingerprint density at radius 1 is 0.956 bits per heavy atom. The van der Waals surface area contributed by atoms with Gasteiger partial charge in [-0.05, 0) is 25.3 Å². The molecule has 4 rings (SSSR count). The molecule has 2 aromatic rings. The lowest BCUT2D eigenvalue weighted by molar-refractivity contribution is -0.193. The van der Waals surface area contributed by atoms with Crippen LogP contribution in [0.4, 0.5) is 45.3 Å². The van der Waals surface area contributed by atoms with Crippen LogP contribution in [0.3, 0.4) is 0 Å². The Labute approximate surface area is 252 Å². The number of carboxylic acid groups (broad SMARTS) is 3. The van der Waals surface area contributed by atoms with Gasteiger partial charge >= 0.3 is 36.4 Å². The lowest BCUT2D eigenvalue weighted by Gasteiger charge is -2.24. The molecule has 3 N–H and O–H groups in total. The molecule has 2 aromatic heterocycles. The van der Waals surface area contributed by atoms with Crippen molar-refractivity contribution in [3.05, 3.63) is 40.0 Å². The van der Waals surface area contributed by atoms with Gasteiger partial charge in [-0.15, -0.1) is 11.3 Å². The molecule has 0 spiro atoms. The molecule has 21 heteroatoms. The van der Waals surface area contributed by atoms with E-state index in [0.29, 0.717) is 5.92 Å². The maximum absolute atomic E-state index is 10.6. The molecular weight excluding hydrogens is 659 g/mol. The Balaban J connectivity index is 0.000000396. The maximum atomic E-state index is 10.6. The van der Waals surface area contributed by atoms with Crippen LogP contribution in [0.5, 0.6) is 0 Å². The second-order valence-corrected chi connectivity index (χ2v) is 10.2. The van der Waals surface area contributed by atoms with Crippen molar-refractivity contribution in [2.24, 2.45) is 5.92 Å². The molecule has 0 saturated carbocycles. The number of thiazole rings is 1. The van der Waals surface area contributed by atoms with E-state index < -0.39 is 36.4 Å². The van der Waals surface area contributed by atoms with E-state index in [0.717, 1.165) is 62.5 Å². The highest BCUT2D eigenvalue weighted by atomic mass is 32.1. The van der Waals surface area contributed by atoms with Gasteiger partial charge in [0, 0.05) is 49.9 Å². The molecule has 1 saturated heterocycles. The number of ether oxygens (including phenoxy) is 1. The molecule has 1 atom stereocenters. The minimum Gasteiger partial charge on any atom is -0.475 e. The molecular formula is C24H27F9N4O7S. The highest BCUT2D eigenvalue weighted by Gasteiger charge is 2.39. The minimum atomic E-state index is -5.08. The fourth-order valence-electron chi connectivity index (χ4n) is 3.61.